The summed E-state index contributed by atoms with van der Waals surface area (Å²) in [5.41, 5.74) is 10.9. The first-order chi connectivity index (χ1) is 18.3. The maximum absolute atomic E-state index is 13.3. The van der Waals surface area contributed by atoms with Crippen molar-refractivity contribution in [3.05, 3.63) is 40.2 Å². The normalized spacial score (nSPS) is 17.2. The molecule has 3 heterocycles. The molecule has 0 radical (unpaired) electrons. The van der Waals surface area contributed by atoms with Crippen molar-refractivity contribution >= 4 is 17.9 Å². The molecule has 1 fully saturated rings. The molecule has 12 heteroatoms. The molecule has 1 aliphatic rings. The minimum Gasteiger partial charge on any atom is -0.507 e. The van der Waals surface area contributed by atoms with E-state index in [9.17, 15) is 9.90 Å². The van der Waals surface area contributed by atoms with Crippen LogP contribution in [0.1, 0.15) is 101 Å². The third kappa shape index (κ3) is 6.11. The van der Waals surface area contributed by atoms with Gasteiger partial charge in [-0.15, -0.1) is 5.10 Å². The molecule has 39 heavy (non-hydrogen) atoms. The zero-order valence-corrected chi connectivity index (χ0v) is 23.8. The number of nitrogen functional groups attached to an aromatic ring is 1. The van der Waals surface area contributed by atoms with Crippen molar-refractivity contribution in [3.63, 3.8) is 0 Å². The number of carbonyl (C=O) groups excluding carboxylic acids is 1. The van der Waals surface area contributed by atoms with Gasteiger partial charge in [-0.2, -0.15) is 9.78 Å². The van der Waals surface area contributed by atoms with Crippen LogP contribution in [0.15, 0.2) is 21.9 Å². The van der Waals surface area contributed by atoms with Gasteiger partial charge in [-0.25, -0.2) is 10.1 Å². The van der Waals surface area contributed by atoms with Gasteiger partial charge in [0.2, 0.25) is 11.6 Å². The Labute approximate surface area is 228 Å². The van der Waals surface area contributed by atoms with Crippen LogP contribution in [-0.4, -0.2) is 60.0 Å². The summed E-state index contributed by atoms with van der Waals surface area (Å²) < 4.78 is 6.16. The first-order valence-electron chi connectivity index (χ1n) is 13.3. The molecular formula is C27H39N9O3. The van der Waals surface area contributed by atoms with Crippen LogP contribution in [0.3, 0.4) is 0 Å². The minimum absolute atomic E-state index is 0.0504. The van der Waals surface area contributed by atoms with E-state index < -0.39 is 5.91 Å². The van der Waals surface area contributed by atoms with Gasteiger partial charge >= 0.3 is 0 Å². The largest absolute Gasteiger partial charge is 0.507 e. The van der Waals surface area contributed by atoms with Gasteiger partial charge in [0.05, 0.1) is 11.9 Å². The zero-order valence-electron chi connectivity index (χ0n) is 23.8. The average Bonchev–Trinajstić information content (AvgIpc) is 3.45. The highest BCUT2D eigenvalue weighted by atomic mass is 16.6. The second-order valence-corrected chi connectivity index (χ2v) is 12.2. The lowest BCUT2D eigenvalue weighted by Gasteiger charge is -2.33. The molecule has 0 unspecified atom stereocenters. The summed E-state index contributed by atoms with van der Waals surface area (Å²) in [5, 5.41) is 30.9. The molecule has 0 spiro atoms. The maximum Gasteiger partial charge on any atom is 0.293 e. The maximum atomic E-state index is 13.3. The van der Waals surface area contributed by atoms with Gasteiger partial charge in [0.25, 0.3) is 5.91 Å². The number of rotatable bonds is 6. The van der Waals surface area contributed by atoms with E-state index in [0.717, 1.165) is 36.1 Å². The summed E-state index contributed by atoms with van der Waals surface area (Å²) in [4.78, 5) is 15.5. The number of hydrazone groups is 1. The number of aromatic nitrogens is 5. The number of nitrogens with one attached hydrogen (secondary N) is 1. The molecule has 2 aromatic heterocycles. The molecule has 1 atom stereocenters. The molecule has 1 aromatic carbocycles. The summed E-state index contributed by atoms with van der Waals surface area (Å²) in [6.45, 7) is 15.7. The van der Waals surface area contributed by atoms with E-state index in [1.165, 1.54) is 11.1 Å². The number of nitrogens with zero attached hydrogens (tertiary/aromatic N) is 7. The van der Waals surface area contributed by atoms with Gasteiger partial charge in [-0.3, -0.25) is 9.69 Å². The van der Waals surface area contributed by atoms with Gasteiger partial charge in [-0.1, -0.05) is 53.2 Å². The number of benzene rings is 1. The number of anilines is 1. The van der Waals surface area contributed by atoms with Gasteiger partial charge < -0.3 is 10.8 Å². The van der Waals surface area contributed by atoms with Gasteiger partial charge in [0.1, 0.15) is 5.75 Å². The molecule has 4 N–H and O–H groups in total. The Hall–Kier alpha value is -3.80. The molecule has 210 valence electrons. The summed E-state index contributed by atoms with van der Waals surface area (Å²) in [7, 11) is 0. The smallest absolute Gasteiger partial charge is 0.293 e. The fraction of sp³-hybridized carbons (Fsp3) is 0.556. The topological polar surface area (TPSA) is 161 Å². The molecule has 0 saturated carbocycles. The molecule has 0 bridgehead atoms. The Balaban J connectivity index is 1.63. The predicted molar refractivity (Wildman–Crippen MR) is 148 cm³/mol. The van der Waals surface area contributed by atoms with E-state index in [1.807, 2.05) is 53.7 Å². The van der Waals surface area contributed by atoms with Crippen LogP contribution in [0.2, 0.25) is 0 Å². The number of carbonyl (C=O) groups is 1. The Bertz CT molecular complexity index is 1330. The molecule has 4 rings (SSSR count). The second-order valence-electron chi connectivity index (χ2n) is 12.2. The van der Waals surface area contributed by atoms with Crippen molar-refractivity contribution in [1.82, 2.24) is 35.6 Å². The van der Waals surface area contributed by atoms with Crippen LogP contribution >= 0.6 is 0 Å². The molecule has 12 nitrogen and oxygen atoms in total. The van der Waals surface area contributed by atoms with Gasteiger partial charge in [0, 0.05) is 23.7 Å². The van der Waals surface area contributed by atoms with Crippen molar-refractivity contribution in [2.75, 3.05) is 12.3 Å². The van der Waals surface area contributed by atoms with Crippen LogP contribution in [-0.2, 0) is 17.4 Å². The summed E-state index contributed by atoms with van der Waals surface area (Å²) in [5.74, 6) is -0.00302. The minimum atomic E-state index is -0.516. The van der Waals surface area contributed by atoms with Crippen LogP contribution in [0.4, 0.5) is 5.82 Å². The molecule has 1 saturated heterocycles. The fourth-order valence-electron chi connectivity index (χ4n) is 4.81. The lowest BCUT2D eigenvalue weighted by molar-refractivity contribution is 0.0945. The van der Waals surface area contributed by atoms with Crippen LogP contribution in [0.5, 0.6) is 5.75 Å². The van der Waals surface area contributed by atoms with Crippen molar-refractivity contribution in [2.45, 2.75) is 91.1 Å². The first kappa shape index (κ1) is 28.2. The van der Waals surface area contributed by atoms with E-state index in [-0.39, 0.29) is 33.9 Å². The van der Waals surface area contributed by atoms with E-state index >= 15 is 0 Å². The number of phenols is 1. The summed E-state index contributed by atoms with van der Waals surface area (Å²) in [6.07, 6.45) is 4.88. The van der Waals surface area contributed by atoms with E-state index in [0.29, 0.717) is 18.3 Å². The van der Waals surface area contributed by atoms with E-state index in [1.54, 1.807) is 6.21 Å². The quantitative estimate of drug-likeness (QED) is 0.315. The standard InChI is InChI=1S/C27H39N9O3/c1-16-10-8-9-11-35(16)15-20-21(30-34-36(20)24-23(28)32-39-33-24)25(38)31-29-14-17-12-18(26(2,3)4)22(37)19(13-17)27(5,6)7/h12-14,16,37H,8-11,15H2,1-7H3,(H2,28,32)(H,31,38)/b29-14+/t16-/m1/s1. The number of aromatic hydroxyl groups is 1. The van der Waals surface area contributed by atoms with E-state index in [4.69, 9.17) is 10.4 Å². The predicted octanol–water partition coefficient (Wildman–Crippen LogP) is 3.67. The Morgan fingerprint density at radius 2 is 1.85 bits per heavy atom. The Kier molecular flexibility index (Phi) is 7.78. The molecular weight excluding hydrogens is 498 g/mol. The Morgan fingerprint density at radius 1 is 1.18 bits per heavy atom. The fourth-order valence-corrected chi connectivity index (χ4v) is 4.81. The average molecular weight is 538 g/mol. The summed E-state index contributed by atoms with van der Waals surface area (Å²) in [6, 6.07) is 4.12. The molecule has 1 aliphatic heterocycles. The number of phenolic OH excluding ortho intramolecular Hbond substituents is 1. The van der Waals surface area contributed by atoms with Gasteiger partial charge in [0.15, 0.2) is 5.69 Å². The van der Waals surface area contributed by atoms with Crippen LogP contribution in [0.25, 0.3) is 5.82 Å². The molecule has 1 amide bonds. The van der Waals surface area contributed by atoms with Crippen molar-refractivity contribution in [3.8, 4) is 11.6 Å². The lowest BCUT2D eigenvalue weighted by Crippen LogP contribution is -2.38. The highest BCUT2D eigenvalue weighted by molar-refractivity contribution is 5.94. The number of hydrogen-bond donors (Lipinski definition) is 3. The van der Waals surface area contributed by atoms with Crippen molar-refractivity contribution in [2.24, 2.45) is 5.10 Å². The lowest BCUT2D eigenvalue weighted by atomic mass is 9.78. The number of amides is 1. The molecule has 0 aliphatic carbocycles. The van der Waals surface area contributed by atoms with E-state index in [2.05, 4.69) is 43.0 Å². The third-order valence-corrected chi connectivity index (χ3v) is 7.10. The van der Waals surface area contributed by atoms with Crippen molar-refractivity contribution in [1.29, 1.82) is 0 Å². The zero-order chi connectivity index (χ0) is 28.5. The monoisotopic (exact) mass is 537 g/mol. The second kappa shape index (κ2) is 10.8. The summed E-state index contributed by atoms with van der Waals surface area (Å²) >= 11 is 0. The number of hydrogen-bond acceptors (Lipinski definition) is 10. The third-order valence-electron chi connectivity index (χ3n) is 7.10. The van der Waals surface area contributed by atoms with Crippen LogP contribution in [0, 0.1) is 0 Å². The van der Waals surface area contributed by atoms with Gasteiger partial charge in [-0.05, 0) is 65.1 Å². The highest BCUT2D eigenvalue weighted by Crippen LogP contribution is 2.39. The number of likely N-dealkylation sites (tertiary alicyclic amines) is 1. The number of nitrogens with two attached hydrogens (primary N) is 1. The van der Waals surface area contributed by atoms with Crippen LogP contribution < -0.4 is 11.2 Å². The SMILES string of the molecule is C[C@@H]1CCCCN1Cc1c(C(=O)N/N=C/c2cc(C(C)(C)C)c(O)c(C(C)(C)C)c2)nnn1-c1nonc1N. The Morgan fingerprint density at radius 3 is 2.41 bits per heavy atom. The first-order valence-corrected chi connectivity index (χ1v) is 13.3. The molecule has 3 aromatic rings. The highest BCUT2D eigenvalue weighted by Gasteiger charge is 2.29. The van der Waals surface area contributed by atoms with Crippen molar-refractivity contribution < 1.29 is 14.5 Å². The number of piperidine rings is 1.